The van der Waals surface area contributed by atoms with E-state index in [-0.39, 0.29) is 36.8 Å². The van der Waals surface area contributed by atoms with E-state index in [1.807, 2.05) is 4.90 Å². The van der Waals surface area contributed by atoms with Gasteiger partial charge in [0.1, 0.15) is 11.9 Å². The third-order valence-electron chi connectivity index (χ3n) is 4.98. The Balaban J connectivity index is 1.65. The van der Waals surface area contributed by atoms with E-state index in [9.17, 15) is 23.9 Å². The number of halogens is 1. The number of piperidine rings is 2. The number of aliphatic hydroxyl groups excluding tert-OH is 1. The van der Waals surface area contributed by atoms with Crippen LogP contribution >= 0.6 is 0 Å². The van der Waals surface area contributed by atoms with Crippen LogP contribution in [0, 0.1) is 11.7 Å². The van der Waals surface area contributed by atoms with E-state index in [0.717, 1.165) is 25.9 Å². The summed E-state index contributed by atoms with van der Waals surface area (Å²) in [6.45, 7) is 1.63. The van der Waals surface area contributed by atoms with Gasteiger partial charge < -0.3 is 15.3 Å². The van der Waals surface area contributed by atoms with E-state index in [1.54, 1.807) is 6.07 Å². The number of nitrogens with zero attached hydrogens (tertiary/aromatic N) is 1. The fourth-order valence-corrected chi connectivity index (χ4v) is 3.33. The van der Waals surface area contributed by atoms with Crippen LogP contribution in [0.1, 0.15) is 36.0 Å². The smallest absolute Gasteiger partial charge is 0.254 e. The molecule has 7 nitrogen and oxygen atoms in total. The minimum atomic E-state index is -0.836. The molecular weight excluding hydrogens is 341 g/mol. The summed E-state index contributed by atoms with van der Waals surface area (Å²) in [6, 6.07) is 3.57. The van der Waals surface area contributed by atoms with Crippen LogP contribution < -0.4 is 15.5 Å². The predicted molar refractivity (Wildman–Crippen MR) is 92.1 cm³/mol. The molecule has 0 spiro atoms. The van der Waals surface area contributed by atoms with Crippen LogP contribution in [0.2, 0.25) is 0 Å². The first-order chi connectivity index (χ1) is 12.5. The van der Waals surface area contributed by atoms with E-state index >= 15 is 0 Å². The summed E-state index contributed by atoms with van der Waals surface area (Å²) in [4.78, 5) is 37.1. The number of carbonyl (C=O) groups excluding carboxylic acids is 3. The number of imide groups is 1. The molecule has 2 fully saturated rings. The topological polar surface area (TPSA) is 98.7 Å². The molecule has 2 heterocycles. The molecule has 1 aromatic carbocycles. The lowest BCUT2D eigenvalue weighted by Gasteiger charge is -2.33. The summed E-state index contributed by atoms with van der Waals surface area (Å²) in [6.07, 6.45) is 2.03. The lowest BCUT2D eigenvalue weighted by Crippen LogP contribution is -2.52. The molecule has 26 heavy (non-hydrogen) atoms. The molecule has 1 unspecified atom stereocenters. The molecule has 1 atom stereocenters. The number of aliphatic hydroxyl groups is 1. The second kappa shape index (κ2) is 7.82. The molecule has 0 aromatic heterocycles. The van der Waals surface area contributed by atoms with Crippen molar-refractivity contribution in [2.24, 2.45) is 5.92 Å². The monoisotopic (exact) mass is 363 g/mol. The van der Waals surface area contributed by atoms with Crippen molar-refractivity contribution in [3.05, 3.63) is 29.6 Å². The van der Waals surface area contributed by atoms with E-state index in [4.69, 9.17) is 0 Å². The van der Waals surface area contributed by atoms with Gasteiger partial charge in [-0.2, -0.15) is 0 Å². The van der Waals surface area contributed by atoms with Crippen LogP contribution in [-0.4, -0.2) is 48.6 Å². The molecule has 0 saturated carbocycles. The first kappa shape index (κ1) is 18.3. The molecule has 3 amide bonds. The normalized spacial score (nSPS) is 21.5. The highest BCUT2D eigenvalue weighted by molar-refractivity contribution is 6.03. The quantitative estimate of drug-likeness (QED) is 0.680. The van der Waals surface area contributed by atoms with E-state index in [1.165, 1.54) is 12.1 Å². The fourth-order valence-electron chi connectivity index (χ4n) is 3.33. The van der Waals surface area contributed by atoms with Gasteiger partial charge in [-0.1, -0.05) is 0 Å². The van der Waals surface area contributed by atoms with Crippen molar-refractivity contribution in [2.45, 2.75) is 31.7 Å². The Hall–Kier alpha value is -2.48. The van der Waals surface area contributed by atoms with Gasteiger partial charge in [-0.25, -0.2) is 4.39 Å². The Bertz CT molecular complexity index is 716. The second-order valence-electron chi connectivity index (χ2n) is 6.75. The van der Waals surface area contributed by atoms with Gasteiger partial charge >= 0.3 is 0 Å². The number of anilines is 1. The van der Waals surface area contributed by atoms with Crippen molar-refractivity contribution >= 4 is 23.4 Å². The van der Waals surface area contributed by atoms with Gasteiger partial charge in [0, 0.05) is 31.8 Å². The first-order valence-electron chi connectivity index (χ1n) is 8.78. The van der Waals surface area contributed by atoms with Gasteiger partial charge in [-0.05, 0) is 43.4 Å². The Kier molecular flexibility index (Phi) is 5.51. The molecule has 2 saturated heterocycles. The predicted octanol–water partition coefficient (Wildman–Crippen LogP) is 0.569. The first-order valence-corrected chi connectivity index (χ1v) is 8.78. The SMILES string of the molecule is O=C1CCC(NC(=O)c2ccc(N3CCC(CO)CC3)cc2F)C(=O)N1. The van der Waals surface area contributed by atoms with Crippen molar-refractivity contribution in [3.8, 4) is 0 Å². The standard InChI is InChI=1S/C18H22FN3O4/c19-14-9-12(22-7-5-11(10-23)6-8-22)1-2-13(14)17(25)20-15-3-4-16(24)21-18(15)26/h1-2,9,11,15,23H,3-8,10H2,(H,20,25)(H,21,24,26). The van der Waals surface area contributed by atoms with Crippen LogP contribution in [0.25, 0.3) is 0 Å². The molecule has 8 heteroatoms. The largest absolute Gasteiger partial charge is 0.396 e. The molecule has 3 N–H and O–H groups in total. The second-order valence-corrected chi connectivity index (χ2v) is 6.75. The van der Waals surface area contributed by atoms with Gasteiger partial charge in [0.2, 0.25) is 11.8 Å². The summed E-state index contributed by atoms with van der Waals surface area (Å²) in [7, 11) is 0. The zero-order valence-corrected chi connectivity index (χ0v) is 14.3. The maximum absolute atomic E-state index is 14.4. The zero-order chi connectivity index (χ0) is 18.7. The minimum Gasteiger partial charge on any atom is -0.396 e. The van der Waals surface area contributed by atoms with Crippen molar-refractivity contribution in [1.82, 2.24) is 10.6 Å². The number of nitrogens with one attached hydrogen (secondary N) is 2. The van der Waals surface area contributed by atoms with Crippen LogP contribution in [0.4, 0.5) is 10.1 Å². The molecule has 140 valence electrons. The van der Waals surface area contributed by atoms with Crippen LogP contribution in [-0.2, 0) is 9.59 Å². The zero-order valence-electron chi connectivity index (χ0n) is 14.3. The summed E-state index contributed by atoms with van der Waals surface area (Å²) in [5.74, 6) is -1.99. The molecule has 1 aromatic rings. The van der Waals surface area contributed by atoms with Gasteiger partial charge in [0.15, 0.2) is 0 Å². The average Bonchev–Trinajstić information content (AvgIpc) is 2.64. The lowest BCUT2D eigenvalue weighted by molar-refractivity contribution is -0.134. The highest BCUT2D eigenvalue weighted by Gasteiger charge is 2.29. The Morgan fingerprint density at radius 3 is 2.62 bits per heavy atom. The summed E-state index contributed by atoms with van der Waals surface area (Å²) in [5, 5.41) is 13.8. The van der Waals surface area contributed by atoms with Crippen LogP contribution in [0.3, 0.4) is 0 Å². The molecule has 0 radical (unpaired) electrons. The van der Waals surface area contributed by atoms with Gasteiger partial charge in [0.05, 0.1) is 5.56 Å². The molecule has 0 aliphatic carbocycles. The summed E-state index contributed by atoms with van der Waals surface area (Å²) in [5.41, 5.74) is 0.556. The number of carbonyl (C=O) groups is 3. The maximum atomic E-state index is 14.4. The van der Waals surface area contributed by atoms with Crippen LogP contribution in [0.15, 0.2) is 18.2 Å². The molecule has 3 rings (SSSR count). The van der Waals surface area contributed by atoms with Crippen LogP contribution in [0.5, 0.6) is 0 Å². The Morgan fingerprint density at radius 1 is 1.27 bits per heavy atom. The Labute approximate surface area is 150 Å². The maximum Gasteiger partial charge on any atom is 0.254 e. The van der Waals surface area contributed by atoms with Gasteiger partial charge in [0.25, 0.3) is 5.91 Å². The minimum absolute atomic E-state index is 0.135. The number of hydrogen-bond acceptors (Lipinski definition) is 5. The summed E-state index contributed by atoms with van der Waals surface area (Å²) >= 11 is 0. The number of hydrogen-bond donors (Lipinski definition) is 3. The third kappa shape index (κ3) is 4.01. The molecule has 0 bridgehead atoms. The Morgan fingerprint density at radius 2 is 2.00 bits per heavy atom. The van der Waals surface area contributed by atoms with Crippen molar-refractivity contribution in [1.29, 1.82) is 0 Å². The van der Waals surface area contributed by atoms with Crippen molar-refractivity contribution in [3.63, 3.8) is 0 Å². The van der Waals surface area contributed by atoms with E-state index in [2.05, 4.69) is 10.6 Å². The average molecular weight is 363 g/mol. The summed E-state index contributed by atoms with van der Waals surface area (Å²) < 4.78 is 14.4. The van der Waals surface area contributed by atoms with E-state index < -0.39 is 23.7 Å². The van der Waals surface area contributed by atoms with E-state index in [0.29, 0.717) is 5.69 Å². The molecule has 2 aliphatic rings. The number of rotatable bonds is 4. The fraction of sp³-hybridized carbons (Fsp3) is 0.500. The van der Waals surface area contributed by atoms with Gasteiger partial charge in [-0.15, -0.1) is 0 Å². The van der Waals surface area contributed by atoms with Crippen molar-refractivity contribution < 1.29 is 23.9 Å². The lowest BCUT2D eigenvalue weighted by atomic mass is 9.97. The molecule has 2 aliphatic heterocycles. The highest BCUT2D eigenvalue weighted by Crippen LogP contribution is 2.25. The van der Waals surface area contributed by atoms with Crippen molar-refractivity contribution in [2.75, 3.05) is 24.6 Å². The number of amides is 3. The molecular formula is C18H22FN3O4. The highest BCUT2D eigenvalue weighted by atomic mass is 19.1. The van der Waals surface area contributed by atoms with Gasteiger partial charge in [-0.3, -0.25) is 19.7 Å². The third-order valence-corrected chi connectivity index (χ3v) is 4.98. The number of benzene rings is 1.